The van der Waals surface area contributed by atoms with Gasteiger partial charge < -0.3 is 0 Å². The van der Waals surface area contributed by atoms with Crippen molar-refractivity contribution < 1.29 is 98.1 Å². The van der Waals surface area contributed by atoms with Gasteiger partial charge in [-0.1, -0.05) is 103 Å². The van der Waals surface area contributed by atoms with Crippen LogP contribution in [0, 0.1) is 36.4 Å². The predicted octanol–water partition coefficient (Wildman–Crippen LogP) is 15.9. The van der Waals surface area contributed by atoms with Gasteiger partial charge in [-0.3, -0.25) is 0 Å². The fourth-order valence-electron chi connectivity index (χ4n) is 11.9. The molecule has 0 aliphatic heterocycles. The molecule has 279 valence electrons. The van der Waals surface area contributed by atoms with Crippen LogP contribution in [0.2, 0.25) is 0 Å². The molecule has 16 rings (SSSR count). The maximum absolute atomic E-state index is 4.05. The summed E-state index contributed by atoms with van der Waals surface area (Å²) in [5, 5.41) is 30.8. The molecule has 0 N–H and O–H groups in total. The Labute approximate surface area is 437 Å². The number of benzene rings is 16. The first-order valence-electron chi connectivity index (χ1n) is 20.7. The fourth-order valence-corrected chi connectivity index (χ4v) is 11.9. The molecule has 0 amide bonds. The number of hydrogen-bond acceptors (Lipinski definition) is 0. The molecule has 16 aromatic rings. The molecule has 63 heavy (non-hydrogen) atoms. The van der Waals surface area contributed by atoms with E-state index in [2.05, 4.69) is 146 Å². The van der Waals surface area contributed by atoms with Gasteiger partial charge in [0.25, 0.3) is 0 Å². The molecule has 3 heteroatoms. The van der Waals surface area contributed by atoms with Crippen molar-refractivity contribution >= 4 is 129 Å². The maximum Gasteiger partial charge on any atom is 0 e. The van der Waals surface area contributed by atoms with E-state index in [1.54, 1.807) is 0 Å². The summed E-state index contributed by atoms with van der Waals surface area (Å²) < 4.78 is 0. The van der Waals surface area contributed by atoms with E-state index in [1.165, 1.54) is 129 Å². The van der Waals surface area contributed by atoms with Crippen molar-refractivity contribution in [3.8, 4) is 33.4 Å². The molecular weight excluding hydrogens is 987 g/mol. The van der Waals surface area contributed by atoms with E-state index < -0.39 is 0 Å². The Kier molecular flexibility index (Phi) is 8.50. The van der Waals surface area contributed by atoms with Crippen molar-refractivity contribution in [2.75, 3.05) is 0 Å². The molecule has 0 aliphatic rings. The van der Waals surface area contributed by atoms with Crippen LogP contribution in [0.4, 0.5) is 0 Å². The van der Waals surface area contributed by atoms with E-state index in [4.69, 9.17) is 0 Å². The smallest absolute Gasteiger partial charge is 0 e. The van der Waals surface area contributed by atoms with Crippen molar-refractivity contribution in [3.63, 3.8) is 0 Å². The molecule has 0 spiro atoms. The largest absolute Gasteiger partial charge is 0.209 e. The average Bonchev–Trinajstić information content (AvgIpc) is 3.32. The summed E-state index contributed by atoms with van der Waals surface area (Å²) in [6.07, 6.45) is 0. The molecule has 0 nitrogen and oxygen atoms in total. The van der Waals surface area contributed by atoms with E-state index in [1.807, 2.05) is 36.4 Å². The van der Waals surface area contributed by atoms with Gasteiger partial charge in [0.05, 0.1) is 0 Å². The van der Waals surface area contributed by atoms with Gasteiger partial charge in [-0.15, -0.1) is 34.4 Å². The van der Waals surface area contributed by atoms with E-state index >= 15 is 0 Å². The third-order valence-corrected chi connectivity index (χ3v) is 14.1. The third kappa shape index (κ3) is 4.73. The van der Waals surface area contributed by atoms with Crippen LogP contribution in [0.5, 0.6) is 0 Å². The molecule has 0 atom stereocenters. The molecule has 3 radical (unpaired) electrons. The average molecular weight is 1010 g/mol. The molecule has 0 fully saturated rings. The first-order chi connectivity index (χ1) is 29.8. The molecule has 0 heterocycles. The molecule has 16 aromatic carbocycles. The predicted molar refractivity (Wildman–Crippen MR) is 253 cm³/mol. The van der Waals surface area contributed by atoms with E-state index in [0.717, 1.165) is 33.4 Å². The Morgan fingerprint density at radius 3 is 0.794 bits per heavy atom. The first-order valence-corrected chi connectivity index (χ1v) is 20.7. The second-order valence-corrected chi connectivity index (χ2v) is 16.8. The summed E-state index contributed by atoms with van der Waals surface area (Å²) in [5.74, 6) is 0. The van der Waals surface area contributed by atoms with Crippen LogP contribution in [0.25, 0.3) is 163 Å². The fraction of sp³-hybridized carbons (Fsp3) is 0. The van der Waals surface area contributed by atoms with Gasteiger partial charge in [0, 0.05) is 98.1 Å². The Morgan fingerprint density at radius 2 is 0.508 bits per heavy atom. The Hall–Kier alpha value is -4.49. The summed E-state index contributed by atoms with van der Waals surface area (Å²) in [6, 6.07) is 75.8. The van der Waals surface area contributed by atoms with Crippen LogP contribution in [-0.4, -0.2) is 0 Å². The molecule has 0 saturated carbocycles. The molecule has 0 aromatic heterocycles. The van der Waals surface area contributed by atoms with Gasteiger partial charge in [-0.25, -0.2) is 16.7 Å². The van der Waals surface area contributed by atoms with Crippen LogP contribution in [0.3, 0.4) is 0 Å². The minimum Gasteiger partial charge on any atom is -0.209 e. The zero-order chi connectivity index (χ0) is 38.5. The van der Waals surface area contributed by atoms with Crippen LogP contribution >= 0.6 is 0 Å². The zero-order valence-electron chi connectivity index (χ0n) is 33.6. The minimum atomic E-state index is 0. The van der Waals surface area contributed by atoms with Crippen molar-refractivity contribution in [1.82, 2.24) is 0 Å². The SMILES string of the molecule is [Y].[Y].[Y].[c-]1ccccc1-c1[c-]c2c3cccc4c5cc(-c6[c-]cccc6)[c-]c6c7cccc8c9cc(-c%10[c-]cccc%10)[c-]c%10c%11cccc%12c(c1)c2c1c(c34)c(c65)c(c78)c(c%109)c1c%11%12. The summed E-state index contributed by atoms with van der Waals surface area (Å²) in [6.45, 7) is 0. The third-order valence-electron chi connectivity index (χ3n) is 14.1. The monoisotopic (exact) mass is 1010 g/mol. The molecule has 0 bridgehead atoms. The second-order valence-electron chi connectivity index (χ2n) is 16.8. The van der Waals surface area contributed by atoms with Crippen LogP contribution in [-0.2, 0) is 98.1 Å². The molecule has 0 unspecified atom stereocenters. The van der Waals surface area contributed by atoms with Gasteiger partial charge in [-0.05, 0) is 64.6 Å². The van der Waals surface area contributed by atoms with Crippen molar-refractivity contribution in [1.29, 1.82) is 0 Å². The van der Waals surface area contributed by atoms with Crippen LogP contribution in [0.15, 0.2) is 146 Å². The summed E-state index contributed by atoms with van der Waals surface area (Å²) >= 11 is 0. The molecule has 0 saturated heterocycles. The number of rotatable bonds is 3. The summed E-state index contributed by atoms with van der Waals surface area (Å²) in [7, 11) is 0. The van der Waals surface area contributed by atoms with Crippen molar-refractivity contribution in [2.24, 2.45) is 0 Å². The zero-order valence-corrected chi connectivity index (χ0v) is 42.1. The molecular formula is C60H24Y3-6. The van der Waals surface area contributed by atoms with E-state index in [9.17, 15) is 0 Å². The number of fused-ring (bicyclic) bond motifs is 6. The van der Waals surface area contributed by atoms with Crippen molar-refractivity contribution in [3.05, 3.63) is 182 Å². The molecule has 0 aliphatic carbocycles. The maximum atomic E-state index is 4.05. The van der Waals surface area contributed by atoms with E-state index in [0.29, 0.717) is 0 Å². The van der Waals surface area contributed by atoms with Gasteiger partial charge in [-0.2, -0.15) is 126 Å². The quantitative estimate of drug-likeness (QED) is 0.0940. The Morgan fingerprint density at radius 1 is 0.222 bits per heavy atom. The van der Waals surface area contributed by atoms with Gasteiger partial charge in [0.2, 0.25) is 0 Å². The van der Waals surface area contributed by atoms with Gasteiger partial charge in [0.15, 0.2) is 0 Å². The van der Waals surface area contributed by atoms with Gasteiger partial charge in [0.1, 0.15) is 0 Å². The minimum absolute atomic E-state index is 0. The summed E-state index contributed by atoms with van der Waals surface area (Å²) in [5.41, 5.74) is 6.33. The Balaban J connectivity index is 0.00000134. The van der Waals surface area contributed by atoms with Gasteiger partial charge >= 0.3 is 0 Å². The Bertz CT molecular complexity index is 3780. The summed E-state index contributed by atoms with van der Waals surface area (Å²) in [4.78, 5) is 0. The van der Waals surface area contributed by atoms with Crippen LogP contribution in [0.1, 0.15) is 0 Å². The first kappa shape index (κ1) is 38.9. The number of hydrogen-bond donors (Lipinski definition) is 0. The van der Waals surface area contributed by atoms with Crippen LogP contribution < -0.4 is 0 Å². The van der Waals surface area contributed by atoms with Crippen molar-refractivity contribution in [2.45, 2.75) is 0 Å². The second kappa shape index (κ2) is 13.8. The normalized spacial score (nSPS) is 12.4. The van der Waals surface area contributed by atoms with E-state index in [-0.39, 0.29) is 98.1 Å². The standard InChI is InChI=1S/C60H24.3Y/c1-4-13-31(14-5-1)34-25-43-37-19-10-21-39-45-27-35(32-15-6-2-7-16-32)29-47-41-23-12-24-42-48-30-36(33-17-8-3-9-18-33)28-46-40-22-11-20-38-44(26-34)52(43)58-55(49(37)39)59(53(45)47)57(51(41)42)60(54(46)48)56(58)50(38)40;;;/h1-13,15,17,19-25,28-29H;;;/q-6;;;. The topological polar surface area (TPSA) is 0 Å².